The Morgan fingerprint density at radius 2 is 1.93 bits per heavy atom. The van der Waals surface area contributed by atoms with Crippen molar-refractivity contribution < 1.29 is 13.2 Å². The third-order valence-electron chi connectivity index (χ3n) is 4.78. The predicted molar refractivity (Wildman–Crippen MR) is 110 cm³/mol. The minimum Gasteiger partial charge on any atom is -0.336 e. The van der Waals surface area contributed by atoms with Crippen LogP contribution in [0.3, 0.4) is 0 Å². The van der Waals surface area contributed by atoms with Crippen LogP contribution in [0.2, 0.25) is 0 Å². The quantitative estimate of drug-likeness (QED) is 0.569. The maximum atomic E-state index is 12.9. The molecule has 11 heteroatoms. The highest BCUT2D eigenvalue weighted by Gasteiger charge is 2.31. The normalized spacial score (nSPS) is 16.0. The average Bonchev–Trinajstić information content (AvgIpc) is 3.25. The summed E-state index contributed by atoms with van der Waals surface area (Å²) in [6, 6.07) is 5.12. The molecule has 1 amide bonds. The van der Waals surface area contributed by atoms with Crippen LogP contribution in [0.25, 0.3) is 11.0 Å². The number of nitrogens with zero attached hydrogens (tertiary/aromatic N) is 5. The Hall–Kier alpha value is -1.82. The number of aryl methyl sites for hydroxylation is 2. The van der Waals surface area contributed by atoms with Crippen molar-refractivity contribution in [3.05, 3.63) is 39.4 Å². The molecule has 3 aromatic rings. The number of amides is 1. The molecule has 28 heavy (non-hydrogen) atoms. The Morgan fingerprint density at radius 3 is 2.57 bits per heavy atom. The highest BCUT2D eigenvalue weighted by molar-refractivity contribution is 9.11. The number of sulfonamides is 1. The molecule has 0 aromatic carbocycles. The minimum absolute atomic E-state index is 0.145. The van der Waals surface area contributed by atoms with E-state index in [0.717, 1.165) is 20.5 Å². The molecule has 1 aliphatic heterocycles. The molecule has 0 unspecified atom stereocenters. The number of carbonyl (C=O) groups excluding carboxylic acids is 1. The summed E-state index contributed by atoms with van der Waals surface area (Å²) >= 11 is 4.48. The summed E-state index contributed by atoms with van der Waals surface area (Å²) in [7, 11) is -1.71. The fourth-order valence-corrected chi connectivity index (χ4v) is 6.89. The number of piperazine rings is 1. The lowest BCUT2D eigenvalue weighted by atomic mass is 10.2. The number of rotatable bonds is 3. The summed E-state index contributed by atoms with van der Waals surface area (Å²) in [5.74, 6) is -0.145. The van der Waals surface area contributed by atoms with Gasteiger partial charge < -0.3 is 4.90 Å². The second kappa shape index (κ2) is 7.21. The van der Waals surface area contributed by atoms with Gasteiger partial charge in [0, 0.05) is 44.8 Å². The van der Waals surface area contributed by atoms with Crippen LogP contribution in [0.5, 0.6) is 0 Å². The minimum atomic E-state index is -3.53. The SMILES string of the molecule is Cc1nn(C)c2ncc(C(=O)N3CCN(S(=O)(=O)c4ccc(Br)s4)CC3)cc12. The van der Waals surface area contributed by atoms with Gasteiger partial charge in [-0.3, -0.25) is 9.48 Å². The van der Waals surface area contributed by atoms with Crippen molar-refractivity contribution in [2.24, 2.45) is 7.05 Å². The van der Waals surface area contributed by atoms with E-state index < -0.39 is 10.0 Å². The molecule has 1 saturated heterocycles. The Bertz CT molecular complexity index is 1160. The maximum Gasteiger partial charge on any atom is 0.255 e. The number of thiophene rings is 1. The predicted octanol–water partition coefficient (Wildman–Crippen LogP) is 2.25. The Kier molecular flexibility index (Phi) is 5.02. The number of hydrogen-bond acceptors (Lipinski definition) is 6. The van der Waals surface area contributed by atoms with E-state index in [-0.39, 0.29) is 19.0 Å². The van der Waals surface area contributed by atoms with Gasteiger partial charge in [0.25, 0.3) is 15.9 Å². The standard InChI is InChI=1S/C17H18BrN5O3S2/c1-11-13-9-12(10-19-16(13)21(2)20-11)17(24)22-5-7-23(8-6-22)28(25,26)15-4-3-14(18)27-15/h3-4,9-10H,5-8H2,1-2H3. The molecule has 4 rings (SSSR count). The van der Waals surface area contributed by atoms with Gasteiger partial charge in [-0.15, -0.1) is 11.3 Å². The summed E-state index contributed by atoms with van der Waals surface area (Å²) in [5, 5.41) is 5.17. The molecule has 1 fully saturated rings. The summed E-state index contributed by atoms with van der Waals surface area (Å²) in [6.07, 6.45) is 1.55. The number of hydrogen-bond donors (Lipinski definition) is 0. The summed E-state index contributed by atoms with van der Waals surface area (Å²) in [5.41, 5.74) is 2.03. The molecule has 4 heterocycles. The first kappa shape index (κ1) is 19.5. The molecule has 0 saturated carbocycles. The molecule has 0 bridgehead atoms. The molecular formula is C17H18BrN5O3S2. The third kappa shape index (κ3) is 3.36. The highest BCUT2D eigenvalue weighted by Crippen LogP contribution is 2.29. The van der Waals surface area contributed by atoms with E-state index in [9.17, 15) is 13.2 Å². The monoisotopic (exact) mass is 483 g/mol. The summed E-state index contributed by atoms with van der Waals surface area (Å²) in [6.45, 7) is 3.10. The second-order valence-corrected chi connectivity index (χ2v) is 11.2. The van der Waals surface area contributed by atoms with Crippen LogP contribution in [0.15, 0.2) is 32.4 Å². The average molecular weight is 484 g/mol. The molecule has 148 valence electrons. The fraction of sp³-hybridized carbons (Fsp3) is 0.353. The van der Waals surface area contributed by atoms with Crippen molar-refractivity contribution >= 4 is 54.2 Å². The summed E-state index contributed by atoms with van der Waals surface area (Å²) < 4.78 is 29.6. The van der Waals surface area contributed by atoms with Crippen LogP contribution in [0, 0.1) is 6.92 Å². The van der Waals surface area contributed by atoms with E-state index in [2.05, 4.69) is 26.0 Å². The molecule has 8 nitrogen and oxygen atoms in total. The Balaban J connectivity index is 1.49. The van der Waals surface area contributed by atoms with Crippen LogP contribution in [-0.2, 0) is 17.1 Å². The zero-order chi connectivity index (χ0) is 20.1. The first-order valence-electron chi connectivity index (χ1n) is 8.61. The van der Waals surface area contributed by atoms with Gasteiger partial charge in [-0.1, -0.05) is 0 Å². The number of fused-ring (bicyclic) bond motifs is 1. The van der Waals surface area contributed by atoms with Crippen LogP contribution in [0.1, 0.15) is 16.1 Å². The van der Waals surface area contributed by atoms with Crippen molar-refractivity contribution in [2.45, 2.75) is 11.1 Å². The van der Waals surface area contributed by atoms with Crippen molar-refractivity contribution in [2.75, 3.05) is 26.2 Å². The molecule has 1 aliphatic rings. The van der Waals surface area contributed by atoms with Crippen molar-refractivity contribution in [3.8, 4) is 0 Å². The lowest BCUT2D eigenvalue weighted by Crippen LogP contribution is -2.50. The highest BCUT2D eigenvalue weighted by atomic mass is 79.9. The van der Waals surface area contributed by atoms with Crippen LogP contribution < -0.4 is 0 Å². The van der Waals surface area contributed by atoms with Gasteiger partial charge in [0.2, 0.25) is 0 Å². The molecule has 0 spiro atoms. The van der Waals surface area contributed by atoms with Gasteiger partial charge in [0.15, 0.2) is 5.65 Å². The summed E-state index contributed by atoms with van der Waals surface area (Å²) in [4.78, 5) is 18.9. The van der Waals surface area contributed by atoms with E-state index in [4.69, 9.17) is 0 Å². The Labute approximate surface area is 174 Å². The fourth-order valence-electron chi connectivity index (χ4n) is 3.30. The lowest BCUT2D eigenvalue weighted by Gasteiger charge is -2.33. The van der Waals surface area contributed by atoms with Gasteiger partial charge in [-0.2, -0.15) is 9.40 Å². The first-order chi connectivity index (χ1) is 13.3. The van der Waals surface area contributed by atoms with Gasteiger partial charge in [-0.05, 0) is 41.1 Å². The van der Waals surface area contributed by atoms with E-state index in [1.165, 1.54) is 15.6 Å². The second-order valence-electron chi connectivity index (χ2n) is 6.56. The van der Waals surface area contributed by atoms with Gasteiger partial charge >= 0.3 is 0 Å². The zero-order valence-corrected chi connectivity index (χ0v) is 18.5. The topological polar surface area (TPSA) is 88.4 Å². The van der Waals surface area contributed by atoms with Crippen LogP contribution in [-0.4, -0.2) is 64.5 Å². The van der Waals surface area contributed by atoms with Gasteiger partial charge in [-0.25, -0.2) is 13.4 Å². The van der Waals surface area contributed by atoms with Crippen molar-refractivity contribution in [3.63, 3.8) is 0 Å². The van der Waals surface area contributed by atoms with E-state index in [1.54, 1.807) is 34.0 Å². The van der Waals surface area contributed by atoms with E-state index >= 15 is 0 Å². The number of pyridine rings is 1. The number of aromatic nitrogens is 3. The molecular weight excluding hydrogens is 466 g/mol. The van der Waals surface area contributed by atoms with Crippen molar-refractivity contribution in [1.82, 2.24) is 24.0 Å². The zero-order valence-electron chi connectivity index (χ0n) is 15.3. The Morgan fingerprint density at radius 1 is 1.21 bits per heavy atom. The van der Waals surface area contributed by atoms with Crippen LogP contribution in [0.4, 0.5) is 0 Å². The third-order valence-corrected chi connectivity index (χ3v) is 8.77. The van der Waals surface area contributed by atoms with Gasteiger partial charge in [0.1, 0.15) is 4.21 Å². The lowest BCUT2D eigenvalue weighted by molar-refractivity contribution is 0.0698. The van der Waals surface area contributed by atoms with Gasteiger partial charge in [0.05, 0.1) is 15.0 Å². The van der Waals surface area contributed by atoms with Crippen molar-refractivity contribution in [1.29, 1.82) is 0 Å². The number of halogens is 1. The molecule has 3 aromatic heterocycles. The molecule has 0 radical (unpaired) electrons. The van der Waals surface area contributed by atoms with E-state index in [0.29, 0.717) is 22.9 Å². The molecule has 0 aliphatic carbocycles. The smallest absolute Gasteiger partial charge is 0.255 e. The largest absolute Gasteiger partial charge is 0.336 e. The number of carbonyl (C=O) groups is 1. The first-order valence-corrected chi connectivity index (χ1v) is 11.7. The van der Waals surface area contributed by atoms with E-state index in [1.807, 2.05) is 14.0 Å². The molecule has 0 atom stereocenters. The maximum absolute atomic E-state index is 12.9. The van der Waals surface area contributed by atoms with Crippen LogP contribution >= 0.6 is 27.3 Å². The molecule has 0 N–H and O–H groups in total.